The minimum atomic E-state index is 0.0158. The van der Waals surface area contributed by atoms with Crippen molar-refractivity contribution in [3.05, 3.63) is 29.8 Å². The molecule has 0 spiro atoms. The molecular formula is C19H32N4O. The second kappa shape index (κ2) is 8.60. The predicted molar refractivity (Wildman–Crippen MR) is 100 cm³/mol. The zero-order valence-electron chi connectivity index (χ0n) is 15.7. The fraction of sp³-hybridized carbons (Fsp3) is 0.632. The molecule has 2 rings (SSSR count). The summed E-state index contributed by atoms with van der Waals surface area (Å²) in [6.07, 6.45) is 0. The van der Waals surface area contributed by atoms with Crippen molar-refractivity contribution in [2.75, 3.05) is 39.0 Å². The molecule has 1 heterocycles. The van der Waals surface area contributed by atoms with E-state index >= 15 is 0 Å². The van der Waals surface area contributed by atoms with Crippen LogP contribution < -0.4 is 10.6 Å². The normalized spacial score (nSPS) is 21.6. The van der Waals surface area contributed by atoms with Gasteiger partial charge in [-0.2, -0.15) is 0 Å². The zero-order chi connectivity index (χ0) is 17.7. The number of amides is 1. The van der Waals surface area contributed by atoms with Crippen LogP contribution in [0.4, 0.5) is 5.69 Å². The van der Waals surface area contributed by atoms with Crippen LogP contribution in [-0.2, 0) is 11.3 Å². The Balaban J connectivity index is 1.87. The van der Waals surface area contributed by atoms with Crippen molar-refractivity contribution in [1.82, 2.24) is 15.1 Å². The van der Waals surface area contributed by atoms with E-state index in [2.05, 4.69) is 48.4 Å². The maximum Gasteiger partial charge on any atom is 0.238 e. The van der Waals surface area contributed by atoms with Crippen LogP contribution in [0.3, 0.4) is 0 Å². The molecule has 0 unspecified atom stereocenters. The molecule has 0 saturated carbocycles. The molecule has 1 fully saturated rings. The van der Waals surface area contributed by atoms with Gasteiger partial charge in [-0.15, -0.1) is 0 Å². The molecule has 1 aliphatic heterocycles. The highest BCUT2D eigenvalue weighted by molar-refractivity contribution is 5.92. The van der Waals surface area contributed by atoms with Crippen LogP contribution >= 0.6 is 0 Å². The van der Waals surface area contributed by atoms with Gasteiger partial charge in [-0.25, -0.2) is 0 Å². The molecule has 0 aliphatic carbocycles. The fourth-order valence-corrected chi connectivity index (χ4v) is 3.19. The van der Waals surface area contributed by atoms with Crippen molar-refractivity contribution < 1.29 is 4.79 Å². The number of rotatable bonds is 7. The predicted octanol–water partition coefficient (Wildman–Crippen LogP) is 2.00. The molecule has 0 bridgehead atoms. The standard InChI is InChI=1S/C19H32N4O/c1-14(2)23-11-15(3)18(12-23)20-10-16-7-6-8-17(9-16)21-19(24)13-22(4)5/h6-9,14-15,18,20H,10-13H2,1-5H3,(H,21,24)/t15-,18-/m0/s1. The topological polar surface area (TPSA) is 47.6 Å². The third-order valence-electron chi connectivity index (χ3n) is 4.61. The molecule has 24 heavy (non-hydrogen) atoms. The molecule has 2 N–H and O–H groups in total. The quantitative estimate of drug-likeness (QED) is 0.802. The summed E-state index contributed by atoms with van der Waals surface area (Å²) in [6.45, 7) is 10.3. The average molecular weight is 332 g/mol. The molecule has 1 aromatic rings. The summed E-state index contributed by atoms with van der Waals surface area (Å²) in [6, 6.07) is 9.24. The molecule has 1 aliphatic rings. The van der Waals surface area contributed by atoms with E-state index in [1.807, 2.05) is 31.1 Å². The van der Waals surface area contributed by atoms with Crippen molar-refractivity contribution in [3.63, 3.8) is 0 Å². The fourth-order valence-electron chi connectivity index (χ4n) is 3.19. The minimum absolute atomic E-state index is 0.0158. The molecule has 5 heteroatoms. The van der Waals surface area contributed by atoms with Gasteiger partial charge < -0.3 is 15.5 Å². The Kier molecular flexibility index (Phi) is 6.78. The number of likely N-dealkylation sites (N-methyl/N-ethyl adjacent to an activating group) is 1. The Morgan fingerprint density at radius 1 is 1.33 bits per heavy atom. The van der Waals surface area contributed by atoms with Gasteiger partial charge in [0.2, 0.25) is 5.91 Å². The van der Waals surface area contributed by atoms with Crippen LogP contribution in [0.15, 0.2) is 24.3 Å². The van der Waals surface area contributed by atoms with E-state index in [1.54, 1.807) is 0 Å². The Morgan fingerprint density at radius 3 is 2.71 bits per heavy atom. The Hall–Kier alpha value is -1.43. The van der Waals surface area contributed by atoms with E-state index in [0.29, 0.717) is 24.5 Å². The zero-order valence-corrected chi connectivity index (χ0v) is 15.7. The summed E-state index contributed by atoms with van der Waals surface area (Å²) in [5, 5.41) is 6.64. The van der Waals surface area contributed by atoms with Gasteiger partial charge >= 0.3 is 0 Å². The largest absolute Gasteiger partial charge is 0.325 e. The number of nitrogens with one attached hydrogen (secondary N) is 2. The molecule has 5 nitrogen and oxygen atoms in total. The van der Waals surface area contributed by atoms with Crippen LogP contribution in [0.5, 0.6) is 0 Å². The van der Waals surface area contributed by atoms with Crippen molar-refractivity contribution in [3.8, 4) is 0 Å². The van der Waals surface area contributed by atoms with Gasteiger partial charge in [-0.3, -0.25) is 9.69 Å². The maximum atomic E-state index is 11.9. The summed E-state index contributed by atoms with van der Waals surface area (Å²) in [4.78, 5) is 16.3. The monoisotopic (exact) mass is 332 g/mol. The summed E-state index contributed by atoms with van der Waals surface area (Å²) in [7, 11) is 3.78. The summed E-state index contributed by atoms with van der Waals surface area (Å²) < 4.78 is 0. The summed E-state index contributed by atoms with van der Waals surface area (Å²) in [5.74, 6) is 0.678. The van der Waals surface area contributed by atoms with Gasteiger partial charge in [0.1, 0.15) is 0 Å². The van der Waals surface area contributed by atoms with E-state index in [9.17, 15) is 4.79 Å². The number of benzene rings is 1. The number of hydrogen-bond acceptors (Lipinski definition) is 4. The second-order valence-corrected chi connectivity index (χ2v) is 7.50. The average Bonchev–Trinajstić information content (AvgIpc) is 2.86. The lowest BCUT2D eigenvalue weighted by molar-refractivity contribution is -0.116. The third-order valence-corrected chi connectivity index (χ3v) is 4.61. The van der Waals surface area contributed by atoms with E-state index in [0.717, 1.165) is 25.3 Å². The van der Waals surface area contributed by atoms with Gasteiger partial charge in [-0.05, 0) is 51.6 Å². The van der Waals surface area contributed by atoms with Gasteiger partial charge in [0.05, 0.1) is 6.54 Å². The highest BCUT2D eigenvalue weighted by Gasteiger charge is 2.30. The van der Waals surface area contributed by atoms with Crippen molar-refractivity contribution >= 4 is 11.6 Å². The van der Waals surface area contributed by atoms with Crippen molar-refractivity contribution in [1.29, 1.82) is 0 Å². The Bertz CT molecular complexity index is 544. The SMILES string of the molecule is CC(C)N1C[C@H](NCc2cccc(NC(=O)CN(C)C)c2)[C@@H](C)C1. The highest BCUT2D eigenvalue weighted by Crippen LogP contribution is 2.19. The number of hydrogen-bond donors (Lipinski definition) is 2. The van der Waals surface area contributed by atoms with Crippen LogP contribution in [0.1, 0.15) is 26.3 Å². The summed E-state index contributed by atoms with van der Waals surface area (Å²) >= 11 is 0. The van der Waals surface area contributed by atoms with E-state index in [-0.39, 0.29) is 5.91 Å². The molecule has 2 atom stereocenters. The smallest absolute Gasteiger partial charge is 0.238 e. The third kappa shape index (κ3) is 5.58. The van der Waals surface area contributed by atoms with Gasteiger partial charge in [-0.1, -0.05) is 19.1 Å². The Morgan fingerprint density at radius 2 is 2.08 bits per heavy atom. The maximum absolute atomic E-state index is 11.9. The molecular weight excluding hydrogens is 300 g/mol. The molecule has 1 aromatic carbocycles. The second-order valence-electron chi connectivity index (χ2n) is 7.50. The van der Waals surface area contributed by atoms with Gasteiger partial charge in [0.25, 0.3) is 0 Å². The van der Waals surface area contributed by atoms with Crippen LogP contribution in [0.25, 0.3) is 0 Å². The molecule has 0 radical (unpaired) electrons. The molecule has 0 aromatic heterocycles. The number of anilines is 1. The van der Waals surface area contributed by atoms with Crippen LogP contribution in [-0.4, -0.2) is 61.5 Å². The first-order valence-electron chi connectivity index (χ1n) is 8.86. The molecule has 1 saturated heterocycles. The molecule has 134 valence electrons. The number of carbonyl (C=O) groups is 1. The highest BCUT2D eigenvalue weighted by atomic mass is 16.2. The first kappa shape index (κ1) is 18.9. The lowest BCUT2D eigenvalue weighted by Gasteiger charge is -2.20. The van der Waals surface area contributed by atoms with Crippen molar-refractivity contribution in [2.24, 2.45) is 5.92 Å². The minimum Gasteiger partial charge on any atom is -0.325 e. The lowest BCUT2D eigenvalue weighted by Crippen LogP contribution is -2.36. The number of likely N-dealkylation sites (tertiary alicyclic amines) is 1. The van der Waals surface area contributed by atoms with E-state index in [4.69, 9.17) is 0 Å². The van der Waals surface area contributed by atoms with Crippen LogP contribution in [0, 0.1) is 5.92 Å². The first-order valence-corrected chi connectivity index (χ1v) is 8.86. The van der Waals surface area contributed by atoms with Gasteiger partial charge in [0.15, 0.2) is 0 Å². The first-order chi connectivity index (χ1) is 11.3. The van der Waals surface area contributed by atoms with E-state index in [1.165, 1.54) is 5.56 Å². The summed E-state index contributed by atoms with van der Waals surface area (Å²) in [5.41, 5.74) is 2.07. The Labute approximate surface area is 146 Å². The number of nitrogens with zero attached hydrogens (tertiary/aromatic N) is 2. The van der Waals surface area contributed by atoms with Gasteiger partial charge in [0, 0.05) is 37.4 Å². The van der Waals surface area contributed by atoms with Crippen molar-refractivity contribution in [2.45, 2.75) is 39.4 Å². The molecule has 1 amide bonds. The van der Waals surface area contributed by atoms with E-state index < -0.39 is 0 Å². The number of carbonyl (C=O) groups excluding carboxylic acids is 1. The lowest BCUT2D eigenvalue weighted by atomic mass is 10.1. The van der Waals surface area contributed by atoms with Crippen LogP contribution in [0.2, 0.25) is 0 Å².